The van der Waals surface area contributed by atoms with E-state index in [1.54, 1.807) is 77.9 Å². The van der Waals surface area contributed by atoms with E-state index >= 15 is 0 Å². The maximum atomic E-state index is 13.9. The fourth-order valence-electron chi connectivity index (χ4n) is 4.90. The maximum absolute atomic E-state index is 13.9. The molecule has 2 aromatic carbocycles. The molecule has 50 heavy (non-hydrogen) atoms. The van der Waals surface area contributed by atoms with Gasteiger partial charge in [-0.15, -0.1) is 0 Å². The lowest BCUT2D eigenvalue weighted by molar-refractivity contribution is 0.0546. The minimum absolute atomic E-state index is 0.141. The lowest BCUT2D eigenvalue weighted by atomic mass is 10.2. The Morgan fingerprint density at radius 3 is 2.04 bits per heavy atom. The summed E-state index contributed by atoms with van der Waals surface area (Å²) < 4.78 is 39.2. The number of hydrogen-bond donors (Lipinski definition) is 3. The van der Waals surface area contributed by atoms with Crippen molar-refractivity contribution in [3.63, 3.8) is 0 Å². The molecule has 0 fully saturated rings. The third kappa shape index (κ3) is 8.68. The maximum Gasteiger partial charge on any atom is 0.419 e. The molecule has 14 heteroatoms. The van der Waals surface area contributed by atoms with E-state index < -0.39 is 29.2 Å². The number of nitrogens with zero attached hydrogens (tertiary/aromatic N) is 3. The molecular weight excluding hydrogens is 689 g/mol. The minimum atomic E-state index is -0.773. The van der Waals surface area contributed by atoms with E-state index in [9.17, 15) is 18.4 Å². The normalized spacial score (nSPS) is 11.6. The molecule has 0 bridgehead atoms. The number of aromatic amines is 1. The first-order valence-corrected chi connectivity index (χ1v) is 16.0. The van der Waals surface area contributed by atoms with Gasteiger partial charge in [0.1, 0.15) is 44.5 Å². The summed E-state index contributed by atoms with van der Waals surface area (Å²) in [5.74, 6) is -0.739. The van der Waals surface area contributed by atoms with E-state index in [-0.39, 0.29) is 28.0 Å². The first-order valence-electron chi connectivity index (χ1n) is 15.3. The molecule has 10 nitrogen and oxygen atoms in total. The van der Waals surface area contributed by atoms with E-state index in [0.717, 1.165) is 16.6 Å². The Kier molecular flexibility index (Phi) is 10.1. The fraction of sp³-hybridized carbons (Fsp3) is 0.222. The SMILES string of the molecule is CC(C)(C)OC(=O)Nc1ccc(Cl)nc1-c1cc2cc(F)ccc2n1C(=O)OC(C)(C)C.Nc1ccc(Cl)nc1-c1cc2cc(F)ccc2[nH]1. The Labute approximate surface area is 296 Å². The number of carbonyl (C=O) groups is 2. The van der Waals surface area contributed by atoms with Gasteiger partial charge < -0.3 is 20.2 Å². The standard InChI is InChI=1S/C23H25ClFN3O4.C13H9ClFN3/c1-22(2,3)31-20(29)26-15-8-10-18(24)27-19(15)17-12-13-11-14(25)7-9-16(13)28(17)21(30)32-23(4,5)6;14-12-4-2-9(16)13(18-12)11-6-7-5-8(15)1-3-10(7)17-11/h7-12H,1-6H3,(H,26,29);1-6,17H,16H2. The number of aromatic nitrogens is 4. The van der Waals surface area contributed by atoms with E-state index in [1.807, 2.05) is 0 Å². The second-order valence-electron chi connectivity index (χ2n) is 13.2. The molecule has 260 valence electrons. The summed E-state index contributed by atoms with van der Waals surface area (Å²) in [6.07, 6.45) is -1.38. The molecular formula is C36H34Cl2F2N6O4. The summed E-state index contributed by atoms with van der Waals surface area (Å²) in [5, 5.41) is 4.37. The van der Waals surface area contributed by atoms with Gasteiger partial charge >= 0.3 is 12.2 Å². The Morgan fingerprint density at radius 2 is 1.38 bits per heavy atom. The number of halogens is 4. The molecule has 4 heterocycles. The van der Waals surface area contributed by atoms with Gasteiger partial charge in [0.05, 0.1) is 28.3 Å². The topological polar surface area (TPSA) is 137 Å². The lowest BCUT2D eigenvalue weighted by Crippen LogP contribution is -2.28. The molecule has 0 unspecified atom stereocenters. The van der Waals surface area contributed by atoms with Gasteiger partial charge in [-0.05, 0) is 114 Å². The Bertz CT molecular complexity index is 2240. The van der Waals surface area contributed by atoms with E-state index in [0.29, 0.717) is 27.4 Å². The van der Waals surface area contributed by atoms with Gasteiger partial charge in [0.2, 0.25) is 0 Å². The highest BCUT2D eigenvalue weighted by atomic mass is 35.5. The molecule has 0 atom stereocenters. The monoisotopic (exact) mass is 722 g/mol. The van der Waals surface area contributed by atoms with Crippen molar-refractivity contribution in [1.29, 1.82) is 0 Å². The summed E-state index contributed by atoms with van der Waals surface area (Å²) in [4.78, 5) is 37.1. The van der Waals surface area contributed by atoms with E-state index in [2.05, 4.69) is 20.3 Å². The molecule has 0 aliphatic carbocycles. The Hall–Kier alpha value is -5.20. The van der Waals surface area contributed by atoms with Crippen molar-refractivity contribution in [1.82, 2.24) is 19.5 Å². The summed E-state index contributed by atoms with van der Waals surface area (Å²) >= 11 is 12.0. The number of anilines is 2. The number of hydrogen-bond acceptors (Lipinski definition) is 7. The van der Waals surface area contributed by atoms with E-state index in [4.69, 9.17) is 38.4 Å². The van der Waals surface area contributed by atoms with Crippen molar-refractivity contribution < 1.29 is 27.8 Å². The number of nitrogen functional groups attached to an aromatic ring is 1. The first-order chi connectivity index (χ1) is 23.4. The molecule has 0 aliphatic heterocycles. The second-order valence-corrected chi connectivity index (χ2v) is 14.0. The third-order valence-electron chi connectivity index (χ3n) is 6.81. The highest BCUT2D eigenvalue weighted by Crippen LogP contribution is 2.34. The van der Waals surface area contributed by atoms with Crippen LogP contribution in [0.1, 0.15) is 41.5 Å². The highest BCUT2D eigenvalue weighted by molar-refractivity contribution is 6.30. The number of nitrogens with one attached hydrogen (secondary N) is 2. The van der Waals surface area contributed by atoms with Crippen LogP contribution in [0.15, 0.2) is 72.8 Å². The lowest BCUT2D eigenvalue weighted by Gasteiger charge is -2.22. The Balaban J connectivity index is 0.000000226. The number of fused-ring (bicyclic) bond motifs is 2. The number of pyridine rings is 2. The van der Waals surface area contributed by atoms with Crippen LogP contribution in [0.5, 0.6) is 0 Å². The second kappa shape index (κ2) is 14.0. The molecule has 0 spiro atoms. The van der Waals surface area contributed by atoms with Crippen molar-refractivity contribution in [3.05, 3.63) is 94.7 Å². The van der Waals surface area contributed by atoms with Crippen molar-refractivity contribution in [3.8, 4) is 22.8 Å². The molecule has 6 rings (SSSR count). The molecule has 0 saturated heterocycles. The largest absolute Gasteiger partial charge is 0.444 e. The molecule has 4 aromatic heterocycles. The minimum Gasteiger partial charge on any atom is -0.444 e. The summed E-state index contributed by atoms with van der Waals surface area (Å²) in [7, 11) is 0. The van der Waals surface area contributed by atoms with Gasteiger partial charge in [0.15, 0.2) is 0 Å². The predicted octanol–water partition coefficient (Wildman–Crippen LogP) is 10.2. The average molecular weight is 724 g/mol. The number of amides is 1. The zero-order valence-electron chi connectivity index (χ0n) is 28.0. The van der Waals surface area contributed by atoms with Crippen LogP contribution < -0.4 is 11.1 Å². The summed E-state index contributed by atoms with van der Waals surface area (Å²) in [6, 6.07) is 18.3. The van der Waals surface area contributed by atoms with E-state index in [1.165, 1.54) is 41.0 Å². The zero-order chi connectivity index (χ0) is 36.5. The number of nitrogens with two attached hydrogens (primary N) is 1. The van der Waals surface area contributed by atoms with Gasteiger partial charge in [-0.1, -0.05) is 23.2 Å². The van der Waals surface area contributed by atoms with Gasteiger partial charge in [-0.3, -0.25) is 5.32 Å². The average Bonchev–Trinajstić information content (AvgIpc) is 3.58. The number of ether oxygens (including phenoxy) is 2. The molecule has 0 saturated carbocycles. The van der Waals surface area contributed by atoms with Crippen LogP contribution in [0.3, 0.4) is 0 Å². The van der Waals surface area contributed by atoms with Crippen LogP contribution in [0.4, 0.5) is 29.7 Å². The van der Waals surface area contributed by atoms with Crippen LogP contribution >= 0.6 is 23.2 Å². The van der Waals surface area contributed by atoms with Crippen molar-refractivity contribution in [2.45, 2.75) is 52.7 Å². The number of H-pyrrole nitrogens is 1. The van der Waals surface area contributed by atoms with Crippen molar-refractivity contribution in [2.24, 2.45) is 0 Å². The van der Waals surface area contributed by atoms with Gasteiger partial charge in [0.25, 0.3) is 0 Å². The highest BCUT2D eigenvalue weighted by Gasteiger charge is 2.26. The van der Waals surface area contributed by atoms with Crippen molar-refractivity contribution in [2.75, 3.05) is 11.1 Å². The molecule has 0 aliphatic rings. The number of benzene rings is 2. The summed E-state index contributed by atoms with van der Waals surface area (Å²) in [5.41, 5.74) is 8.15. The van der Waals surface area contributed by atoms with Crippen molar-refractivity contribution >= 4 is 68.6 Å². The van der Waals surface area contributed by atoms with Gasteiger partial charge in [-0.25, -0.2) is 32.9 Å². The predicted molar refractivity (Wildman–Crippen MR) is 193 cm³/mol. The van der Waals surface area contributed by atoms with Gasteiger partial charge in [-0.2, -0.15) is 0 Å². The molecule has 4 N–H and O–H groups in total. The smallest absolute Gasteiger partial charge is 0.419 e. The molecule has 1 amide bonds. The van der Waals surface area contributed by atoms with Crippen LogP contribution in [0, 0.1) is 11.6 Å². The zero-order valence-corrected chi connectivity index (χ0v) is 29.5. The summed E-state index contributed by atoms with van der Waals surface area (Å²) in [6.45, 7) is 10.4. The number of rotatable bonds is 3. The fourth-order valence-corrected chi connectivity index (χ4v) is 5.20. The number of carbonyl (C=O) groups excluding carboxylic acids is 2. The first kappa shape index (κ1) is 36.1. The van der Waals surface area contributed by atoms with Gasteiger partial charge in [0, 0.05) is 16.3 Å². The Morgan fingerprint density at radius 1 is 0.780 bits per heavy atom. The molecule has 0 radical (unpaired) electrons. The molecule has 6 aromatic rings. The third-order valence-corrected chi connectivity index (χ3v) is 7.23. The quantitative estimate of drug-likeness (QED) is 0.155. The van der Waals surface area contributed by atoms with Crippen LogP contribution in [0.25, 0.3) is 44.6 Å². The van der Waals surface area contributed by atoms with Crippen LogP contribution in [-0.4, -0.2) is 42.9 Å². The van der Waals surface area contributed by atoms with Crippen LogP contribution in [-0.2, 0) is 9.47 Å². The van der Waals surface area contributed by atoms with Crippen LogP contribution in [0.2, 0.25) is 10.3 Å².